The molecule has 0 saturated heterocycles. The fraction of sp³-hybridized carbons (Fsp3) is 0.0714. The van der Waals surface area contributed by atoms with E-state index in [1.54, 1.807) is 16.7 Å². The van der Waals surface area contributed by atoms with Crippen molar-refractivity contribution in [3.05, 3.63) is 59.9 Å². The zero-order chi connectivity index (χ0) is 14.1. The van der Waals surface area contributed by atoms with Crippen LogP contribution in [0.3, 0.4) is 0 Å². The van der Waals surface area contributed by atoms with Gasteiger partial charge in [0.15, 0.2) is 0 Å². The van der Waals surface area contributed by atoms with E-state index < -0.39 is 11.6 Å². The van der Waals surface area contributed by atoms with Gasteiger partial charge >= 0.3 is 0 Å². The van der Waals surface area contributed by atoms with Gasteiger partial charge in [-0.25, -0.2) is 8.78 Å². The maximum absolute atomic E-state index is 13.1. The summed E-state index contributed by atoms with van der Waals surface area (Å²) in [7, 11) is 0. The van der Waals surface area contributed by atoms with E-state index in [1.165, 1.54) is 0 Å². The molecule has 0 aliphatic carbocycles. The summed E-state index contributed by atoms with van der Waals surface area (Å²) in [4.78, 5) is 4.25. The Balaban J connectivity index is 2.05. The Labute approximate surface area is 113 Å². The lowest BCUT2D eigenvalue weighted by Crippen LogP contribution is -2.02. The van der Waals surface area contributed by atoms with E-state index in [1.807, 2.05) is 12.1 Å². The monoisotopic (exact) mass is 275 g/mol. The number of rotatable bonds is 3. The first kappa shape index (κ1) is 12.6. The van der Waals surface area contributed by atoms with Crippen molar-refractivity contribution in [1.29, 1.82) is 0 Å². The number of hydrogen-bond acceptors (Lipinski definition) is 3. The molecule has 1 aromatic carbocycles. The van der Waals surface area contributed by atoms with Gasteiger partial charge in [-0.2, -0.15) is 4.98 Å². The lowest BCUT2D eigenvalue weighted by atomic mass is 10.3. The van der Waals surface area contributed by atoms with E-state index in [2.05, 4.69) is 4.98 Å². The van der Waals surface area contributed by atoms with Crippen molar-refractivity contribution in [1.82, 2.24) is 9.38 Å². The first-order chi connectivity index (χ1) is 9.67. The third-order valence-corrected chi connectivity index (χ3v) is 2.84. The highest BCUT2D eigenvalue weighted by atomic mass is 19.1. The smallest absolute Gasteiger partial charge is 0.242 e. The zero-order valence-corrected chi connectivity index (χ0v) is 10.4. The highest BCUT2D eigenvalue weighted by molar-refractivity contribution is 5.46. The molecule has 2 aromatic heterocycles. The molecule has 2 N–H and O–H groups in total. The van der Waals surface area contributed by atoms with Crippen LogP contribution in [0.5, 0.6) is 11.6 Å². The molecule has 0 unspecified atom stereocenters. The lowest BCUT2D eigenvalue weighted by molar-refractivity contribution is 0.448. The predicted molar refractivity (Wildman–Crippen MR) is 69.5 cm³/mol. The molecule has 6 heteroatoms. The second-order valence-corrected chi connectivity index (χ2v) is 4.20. The molecule has 0 amide bonds. The van der Waals surface area contributed by atoms with Gasteiger partial charge in [-0.3, -0.25) is 4.40 Å². The minimum Gasteiger partial charge on any atom is -0.437 e. The first-order valence-electron chi connectivity index (χ1n) is 5.97. The van der Waals surface area contributed by atoms with Gasteiger partial charge in [-0.1, -0.05) is 6.07 Å². The Morgan fingerprint density at radius 3 is 2.60 bits per heavy atom. The van der Waals surface area contributed by atoms with Crippen LogP contribution in [0.25, 0.3) is 5.65 Å². The molecule has 0 saturated carbocycles. The number of imidazole rings is 1. The zero-order valence-electron chi connectivity index (χ0n) is 10.4. The number of halogens is 2. The van der Waals surface area contributed by atoms with Crippen molar-refractivity contribution in [2.24, 2.45) is 5.73 Å². The van der Waals surface area contributed by atoms with Gasteiger partial charge < -0.3 is 10.5 Å². The second kappa shape index (κ2) is 4.90. The Kier molecular flexibility index (Phi) is 3.08. The number of nitrogens with zero attached hydrogens (tertiary/aromatic N) is 2. The highest BCUT2D eigenvalue weighted by Crippen LogP contribution is 2.26. The van der Waals surface area contributed by atoms with Crippen LogP contribution in [-0.2, 0) is 6.54 Å². The summed E-state index contributed by atoms with van der Waals surface area (Å²) in [5.74, 6) is -1.14. The van der Waals surface area contributed by atoms with E-state index in [0.717, 1.165) is 18.2 Å². The second-order valence-electron chi connectivity index (χ2n) is 4.20. The molecule has 3 aromatic rings. The molecule has 0 spiro atoms. The SMILES string of the molecule is NCc1c(Oc2cc(F)cc(F)c2)nc2ccccn12. The third kappa shape index (κ3) is 2.21. The van der Waals surface area contributed by atoms with E-state index in [-0.39, 0.29) is 18.2 Å². The number of aromatic nitrogens is 2. The molecule has 0 bridgehead atoms. The van der Waals surface area contributed by atoms with Gasteiger partial charge in [-0.15, -0.1) is 0 Å². The van der Waals surface area contributed by atoms with Gasteiger partial charge in [-0.05, 0) is 12.1 Å². The van der Waals surface area contributed by atoms with E-state index in [4.69, 9.17) is 10.5 Å². The van der Waals surface area contributed by atoms with E-state index >= 15 is 0 Å². The van der Waals surface area contributed by atoms with Crippen LogP contribution in [-0.4, -0.2) is 9.38 Å². The average molecular weight is 275 g/mol. The Morgan fingerprint density at radius 2 is 1.90 bits per heavy atom. The summed E-state index contributed by atoms with van der Waals surface area (Å²) >= 11 is 0. The number of pyridine rings is 1. The van der Waals surface area contributed by atoms with Crippen molar-refractivity contribution < 1.29 is 13.5 Å². The molecule has 0 aliphatic rings. The quantitative estimate of drug-likeness (QED) is 0.799. The average Bonchev–Trinajstić information content (AvgIpc) is 2.74. The molecule has 0 fully saturated rings. The number of benzene rings is 1. The van der Waals surface area contributed by atoms with E-state index in [0.29, 0.717) is 11.3 Å². The highest BCUT2D eigenvalue weighted by Gasteiger charge is 2.13. The minimum atomic E-state index is -0.710. The normalized spacial score (nSPS) is 10.9. The van der Waals surface area contributed by atoms with Gasteiger partial charge in [0.2, 0.25) is 5.88 Å². The summed E-state index contributed by atoms with van der Waals surface area (Å²) in [6.45, 7) is 0.193. The molecule has 3 rings (SSSR count). The molecular weight excluding hydrogens is 264 g/mol. The summed E-state index contributed by atoms with van der Waals surface area (Å²) in [5.41, 5.74) is 6.97. The summed E-state index contributed by atoms with van der Waals surface area (Å²) in [6, 6.07) is 8.41. The topological polar surface area (TPSA) is 52.5 Å². The number of fused-ring (bicyclic) bond motifs is 1. The molecule has 4 nitrogen and oxygen atoms in total. The van der Waals surface area contributed by atoms with Crippen LogP contribution in [0.2, 0.25) is 0 Å². The third-order valence-electron chi connectivity index (χ3n) is 2.84. The predicted octanol–water partition coefficient (Wildman–Crippen LogP) is 2.86. The molecule has 0 aliphatic heterocycles. The summed E-state index contributed by atoms with van der Waals surface area (Å²) in [6.07, 6.45) is 1.80. The van der Waals surface area contributed by atoms with Crippen LogP contribution in [0, 0.1) is 11.6 Å². The molecule has 102 valence electrons. The fourth-order valence-corrected chi connectivity index (χ4v) is 1.99. The molecule has 0 radical (unpaired) electrons. The Morgan fingerprint density at radius 1 is 1.15 bits per heavy atom. The van der Waals surface area contributed by atoms with Crippen molar-refractivity contribution in [2.45, 2.75) is 6.54 Å². The first-order valence-corrected chi connectivity index (χ1v) is 5.97. The molecular formula is C14H11F2N3O. The Bertz CT molecular complexity index is 750. The van der Waals surface area contributed by atoms with Crippen molar-refractivity contribution in [3.8, 4) is 11.6 Å². The molecule has 0 atom stereocenters. The van der Waals surface area contributed by atoms with Crippen LogP contribution in [0.15, 0.2) is 42.6 Å². The van der Waals surface area contributed by atoms with Gasteiger partial charge in [0.05, 0.1) is 0 Å². The minimum absolute atomic E-state index is 0.0422. The van der Waals surface area contributed by atoms with Gasteiger partial charge in [0, 0.05) is 30.9 Å². The van der Waals surface area contributed by atoms with Gasteiger partial charge in [0.1, 0.15) is 28.7 Å². The summed E-state index contributed by atoms with van der Waals surface area (Å²) in [5, 5.41) is 0. The van der Waals surface area contributed by atoms with Crippen LogP contribution in [0.1, 0.15) is 5.69 Å². The van der Waals surface area contributed by atoms with Crippen LogP contribution in [0.4, 0.5) is 8.78 Å². The standard InChI is InChI=1S/C14H11F2N3O/c15-9-5-10(16)7-11(6-9)20-14-12(8-17)19-4-2-1-3-13(19)18-14/h1-7H,8,17H2. The maximum Gasteiger partial charge on any atom is 0.242 e. The lowest BCUT2D eigenvalue weighted by Gasteiger charge is -2.05. The molecule has 20 heavy (non-hydrogen) atoms. The fourth-order valence-electron chi connectivity index (χ4n) is 1.99. The number of hydrogen-bond donors (Lipinski definition) is 1. The maximum atomic E-state index is 13.1. The van der Waals surface area contributed by atoms with E-state index in [9.17, 15) is 8.78 Å². The van der Waals surface area contributed by atoms with Crippen molar-refractivity contribution in [2.75, 3.05) is 0 Å². The number of ether oxygens (including phenoxy) is 1. The summed E-state index contributed by atoms with van der Waals surface area (Å²) < 4.78 is 33.5. The Hall–Kier alpha value is -2.47. The largest absolute Gasteiger partial charge is 0.437 e. The van der Waals surface area contributed by atoms with Gasteiger partial charge in [0.25, 0.3) is 0 Å². The number of nitrogens with two attached hydrogens (primary N) is 1. The van der Waals surface area contributed by atoms with Crippen LogP contribution < -0.4 is 10.5 Å². The molecule has 2 heterocycles. The van der Waals surface area contributed by atoms with Crippen LogP contribution >= 0.6 is 0 Å². The van der Waals surface area contributed by atoms with Crippen molar-refractivity contribution >= 4 is 5.65 Å². The van der Waals surface area contributed by atoms with Crippen molar-refractivity contribution in [3.63, 3.8) is 0 Å².